The van der Waals surface area contributed by atoms with Gasteiger partial charge in [-0.15, -0.1) is 0 Å². The van der Waals surface area contributed by atoms with Crippen LogP contribution in [0.15, 0.2) is 29.7 Å². The zero-order valence-corrected chi connectivity index (χ0v) is 14.2. The lowest BCUT2D eigenvalue weighted by molar-refractivity contribution is -0.182. The van der Waals surface area contributed by atoms with E-state index in [1.165, 1.54) is 25.3 Å². The number of sulfonamides is 1. The third kappa shape index (κ3) is 4.30. The highest BCUT2D eigenvalue weighted by molar-refractivity contribution is 7.89. The predicted molar refractivity (Wildman–Crippen MR) is 88.2 cm³/mol. The van der Waals surface area contributed by atoms with Gasteiger partial charge in [0.15, 0.2) is 0 Å². The third-order valence-electron chi connectivity index (χ3n) is 4.37. The van der Waals surface area contributed by atoms with E-state index in [4.69, 9.17) is 0 Å². The fourth-order valence-corrected chi connectivity index (χ4v) is 3.68. The summed E-state index contributed by atoms with van der Waals surface area (Å²) >= 11 is 0. The van der Waals surface area contributed by atoms with Crippen molar-refractivity contribution in [2.75, 3.05) is 12.4 Å². The Bertz CT molecular complexity index is 694. The first kappa shape index (κ1) is 18.8. The molecule has 4 nitrogen and oxygen atoms in total. The monoisotopic (exact) mass is 362 g/mol. The van der Waals surface area contributed by atoms with Crippen molar-refractivity contribution in [1.29, 1.82) is 0 Å². The summed E-state index contributed by atoms with van der Waals surface area (Å²) in [6.45, 7) is 3.67. The fourth-order valence-electron chi connectivity index (χ4n) is 2.91. The zero-order valence-electron chi connectivity index (χ0n) is 13.4. The van der Waals surface area contributed by atoms with Crippen LogP contribution in [-0.2, 0) is 10.0 Å². The first-order valence-corrected chi connectivity index (χ1v) is 9.19. The van der Waals surface area contributed by atoms with E-state index in [1.807, 2.05) is 0 Å². The van der Waals surface area contributed by atoms with Crippen molar-refractivity contribution in [1.82, 2.24) is 4.72 Å². The summed E-state index contributed by atoms with van der Waals surface area (Å²) in [7, 11) is -2.23. The largest absolute Gasteiger partial charge is 0.391 e. The summed E-state index contributed by atoms with van der Waals surface area (Å²) in [5.74, 6) is -1.22. The van der Waals surface area contributed by atoms with Gasteiger partial charge in [0.2, 0.25) is 10.0 Å². The van der Waals surface area contributed by atoms with Crippen molar-refractivity contribution < 1.29 is 21.6 Å². The molecule has 0 saturated heterocycles. The van der Waals surface area contributed by atoms with E-state index in [1.54, 1.807) is 6.07 Å². The lowest BCUT2D eigenvalue weighted by Crippen LogP contribution is -2.33. The van der Waals surface area contributed by atoms with Gasteiger partial charge in [-0.2, -0.15) is 13.2 Å². The van der Waals surface area contributed by atoms with E-state index in [0.717, 1.165) is 0 Å². The van der Waals surface area contributed by atoms with Gasteiger partial charge in [0.25, 0.3) is 0 Å². The molecule has 0 unspecified atom stereocenters. The summed E-state index contributed by atoms with van der Waals surface area (Å²) in [5.41, 5.74) is 1.28. The molecule has 2 N–H and O–H groups in total. The first-order valence-electron chi connectivity index (χ1n) is 7.70. The van der Waals surface area contributed by atoms with E-state index < -0.39 is 22.1 Å². The highest BCUT2D eigenvalue weighted by Gasteiger charge is 2.41. The van der Waals surface area contributed by atoms with Gasteiger partial charge in [0, 0.05) is 11.7 Å². The van der Waals surface area contributed by atoms with Gasteiger partial charge in [-0.25, -0.2) is 13.1 Å². The summed E-state index contributed by atoms with van der Waals surface area (Å²) in [6, 6.07) is 4.51. The second-order valence-electron chi connectivity index (χ2n) is 5.90. The van der Waals surface area contributed by atoms with Gasteiger partial charge in [0.1, 0.15) is 0 Å². The highest BCUT2D eigenvalue weighted by atomic mass is 32.2. The number of hydrogen-bond donors (Lipinski definition) is 2. The Labute approximate surface area is 140 Å². The van der Waals surface area contributed by atoms with Gasteiger partial charge in [0.05, 0.1) is 10.8 Å². The SMILES string of the molecule is C=Cc1cc(S(=O)(=O)NC)ccc1N[C@H]1CC[C@H](C(F)(F)F)CC1. The highest BCUT2D eigenvalue weighted by Crippen LogP contribution is 2.38. The molecule has 1 aliphatic carbocycles. The topological polar surface area (TPSA) is 58.2 Å². The zero-order chi connectivity index (χ0) is 18.0. The van der Waals surface area contributed by atoms with Crippen LogP contribution in [-0.4, -0.2) is 27.7 Å². The van der Waals surface area contributed by atoms with E-state index in [-0.39, 0.29) is 23.8 Å². The lowest BCUT2D eigenvalue weighted by atomic mass is 9.85. The Morgan fingerprint density at radius 2 is 1.83 bits per heavy atom. The molecule has 1 fully saturated rings. The van der Waals surface area contributed by atoms with Crippen LogP contribution < -0.4 is 10.0 Å². The molecule has 0 amide bonds. The Morgan fingerprint density at radius 3 is 2.33 bits per heavy atom. The molecular formula is C16H21F3N2O2S. The Hall–Kier alpha value is -1.54. The van der Waals surface area contributed by atoms with Crippen molar-refractivity contribution in [2.45, 2.75) is 42.8 Å². The summed E-state index contributed by atoms with van der Waals surface area (Å²) < 4.78 is 64.0. The molecule has 24 heavy (non-hydrogen) atoms. The molecule has 0 atom stereocenters. The van der Waals surface area contributed by atoms with Crippen molar-refractivity contribution in [3.05, 3.63) is 30.3 Å². The molecule has 134 valence electrons. The number of benzene rings is 1. The maximum absolute atomic E-state index is 12.7. The van der Waals surface area contributed by atoms with Gasteiger partial charge < -0.3 is 5.32 Å². The maximum atomic E-state index is 12.7. The third-order valence-corrected chi connectivity index (χ3v) is 5.78. The summed E-state index contributed by atoms with van der Waals surface area (Å²) in [5, 5.41) is 3.22. The maximum Gasteiger partial charge on any atom is 0.391 e. The number of halogens is 3. The quantitative estimate of drug-likeness (QED) is 0.838. The molecule has 8 heteroatoms. The number of anilines is 1. The minimum Gasteiger partial charge on any atom is -0.382 e. The van der Waals surface area contributed by atoms with Gasteiger partial charge in [-0.1, -0.05) is 12.7 Å². The minimum atomic E-state index is -4.12. The fraction of sp³-hybridized carbons (Fsp3) is 0.500. The van der Waals surface area contributed by atoms with Crippen LogP contribution in [0.5, 0.6) is 0 Å². The molecule has 2 rings (SSSR count). The number of rotatable bonds is 5. The molecule has 0 aromatic heterocycles. The molecule has 1 aromatic rings. The predicted octanol–water partition coefficient (Wildman–Crippen LogP) is 3.77. The molecule has 1 aliphatic rings. The smallest absolute Gasteiger partial charge is 0.382 e. The first-order chi connectivity index (χ1) is 11.2. The molecule has 1 aromatic carbocycles. The van der Waals surface area contributed by atoms with Crippen molar-refractivity contribution in [2.24, 2.45) is 5.92 Å². The number of nitrogens with one attached hydrogen (secondary N) is 2. The average molecular weight is 362 g/mol. The standard InChI is InChI=1S/C16H21F3N2O2S/c1-3-11-10-14(24(22,23)20-2)8-9-15(11)21-13-6-4-12(5-7-13)16(17,18)19/h3,8-10,12-13,20-21H,1,4-7H2,2H3/t12-,13-. The van der Waals surface area contributed by atoms with Gasteiger partial charge in [-0.05, 0) is 56.5 Å². The average Bonchev–Trinajstić information content (AvgIpc) is 2.54. The normalized spacial score (nSPS) is 22.2. The molecule has 0 spiro atoms. The summed E-state index contributed by atoms with van der Waals surface area (Å²) in [4.78, 5) is 0.117. The van der Waals surface area contributed by atoms with Crippen molar-refractivity contribution in [3.8, 4) is 0 Å². The van der Waals surface area contributed by atoms with Crippen LogP contribution in [0.1, 0.15) is 31.2 Å². The molecule has 1 saturated carbocycles. The van der Waals surface area contributed by atoms with E-state index in [2.05, 4.69) is 16.6 Å². The van der Waals surface area contributed by atoms with Gasteiger partial charge >= 0.3 is 6.18 Å². The van der Waals surface area contributed by atoms with Gasteiger partial charge in [-0.3, -0.25) is 0 Å². The van der Waals surface area contributed by atoms with Crippen LogP contribution in [0.25, 0.3) is 6.08 Å². The Kier molecular flexibility index (Phi) is 5.59. The molecule has 0 bridgehead atoms. The second kappa shape index (κ2) is 7.14. The Balaban J connectivity index is 2.10. The Morgan fingerprint density at radius 1 is 1.21 bits per heavy atom. The van der Waals surface area contributed by atoms with Crippen LogP contribution in [0.2, 0.25) is 0 Å². The van der Waals surface area contributed by atoms with Crippen LogP contribution in [0.4, 0.5) is 18.9 Å². The number of hydrogen-bond acceptors (Lipinski definition) is 3. The van der Waals surface area contributed by atoms with Crippen LogP contribution >= 0.6 is 0 Å². The molecule has 0 radical (unpaired) electrons. The summed E-state index contributed by atoms with van der Waals surface area (Å²) in [6.07, 6.45) is -1.53. The van der Waals surface area contributed by atoms with E-state index in [9.17, 15) is 21.6 Å². The lowest BCUT2D eigenvalue weighted by Gasteiger charge is -2.31. The molecule has 0 heterocycles. The van der Waals surface area contributed by atoms with Crippen molar-refractivity contribution >= 4 is 21.8 Å². The van der Waals surface area contributed by atoms with Crippen molar-refractivity contribution in [3.63, 3.8) is 0 Å². The molecular weight excluding hydrogens is 341 g/mol. The second-order valence-corrected chi connectivity index (χ2v) is 7.78. The van der Waals surface area contributed by atoms with E-state index in [0.29, 0.717) is 24.1 Å². The molecule has 0 aliphatic heterocycles. The number of alkyl halides is 3. The van der Waals surface area contributed by atoms with Crippen LogP contribution in [0, 0.1) is 5.92 Å². The van der Waals surface area contributed by atoms with Crippen LogP contribution in [0.3, 0.4) is 0 Å². The minimum absolute atomic E-state index is 0.0611. The van der Waals surface area contributed by atoms with E-state index >= 15 is 0 Å².